The first-order valence-electron chi connectivity index (χ1n) is 10.2. The highest BCUT2D eigenvalue weighted by molar-refractivity contribution is 7.21. The highest BCUT2D eigenvalue weighted by Crippen LogP contribution is 2.34. The smallest absolute Gasteiger partial charge is 0.263 e. The summed E-state index contributed by atoms with van der Waals surface area (Å²) in [6, 6.07) is 20.3. The number of nitrogens with zero attached hydrogens (tertiary/aromatic N) is 1. The average Bonchev–Trinajstić information content (AvgIpc) is 3.35. The van der Waals surface area contributed by atoms with Gasteiger partial charge in [-0.3, -0.25) is 4.79 Å². The zero-order chi connectivity index (χ0) is 21.4. The molecule has 0 aliphatic heterocycles. The van der Waals surface area contributed by atoms with Crippen LogP contribution < -0.4 is 11.1 Å². The molecule has 0 radical (unpaired) electrons. The van der Waals surface area contributed by atoms with Gasteiger partial charge in [0.2, 0.25) is 0 Å². The van der Waals surface area contributed by atoms with Gasteiger partial charge in [0.15, 0.2) is 0 Å². The molecule has 0 aliphatic carbocycles. The number of aromatic nitrogens is 2. The maximum Gasteiger partial charge on any atom is 0.263 e. The van der Waals surface area contributed by atoms with Crippen molar-refractivity contribution >= 4 is 44.1 Å². The second-order valence-electron chi connectivity index (χ2n) is 7.63. The van der Waals surface area contributed by atoms with Gasteiger partial charge >= 0.3 is 0 Å². The van der Waals surface area contributed by atoms with E-state index >= 15 is 0 Å². The highest BCUT2D eigenvalue weighted by atomic mass is 32.1. The molecular weight excluding hydrogens is 404 g/mol. The summed E-state index contributed by atoms with van der Waals surface area (Å²) in [5, 5.41) is 5.01. The standard InChI is InChI=1S/C25H22N4OS/c1-15-6-8-16(9-7-15)20-11-10-19-22(26)23(31-25(19)29-20)24(30)27-13-12-17-14-28-21-5-3-2-4-18(17)21/h2-11,14,28H,12-13,26H2,1H3,(H,27,30). The van der Waals surface area contributed by atoms with Gasteiger partial charge in [0.05, 0.1) is 11.4 Å². The van der Waals surface area contributed by atoms with E-state index in [0.717, 1.165) is 33.4 Å². The molecule has 0 spiro atoms. The Kier molecular flexibility index (Phi) is 4.92. The quantitative estimate of drug-likeness (QED) is 0.356. The summed E-state index contributed by atoms with van der Waals surface area (Å²) in [6.07, 6.45) is 2.75. The first-order valence-corrected chi connectivity index (χ1v) is 11.0. The molecule has 1 amide bonds. The Bertz CT molecular complexity index is 1400. The molecule has 0 saturated heterocycles. The van der Waals surface area contributed by atoms with Crippen molar-refractivity contribution in [3.8, 4) is 11.3 Å². The second-order valence-corrected chi connectivity index (χ2v) is 8.62. The number of carbonyl (C=O) groups excluding carboxylic acids is 1. The van der Waals surface area contributed by atoms with Crippen LogP contribution in [-0.4, -0.2) is 22.4 Å². The lowest BCUT2D eigenvalue weighted by atomic mass is 10.1. The Morgan fingerprint density at radius 1 is 1.06 bits per heavy atom. The number of hydrogen-bond donors (Lipinski definition) is 3. The van der Waals surface area contributed by atoms with Crippen LogP contribution in [0.15, 0.2) is 66.9 Å². The number of pyridine rings is 1. The van der Waals surface area contributed by atoms with E-state index in [1.165, 1.54) is 27.8 Å². The number of thiophene rings is 1. The van der Waals surface area contributed by atoms with E-state index in [-0.39, 0.29) is 5.91 Å². The monoisotopic (exact) mass is 426 g/mol. The summed E-state index contributed by atoms with van der Waals surface area (Å²) in [5.74, 6) is -0.155. The number of H-pyrrole nitrogens is 1. The minimum absolute atomic E-state index is 0.155. The number of fused-ring (bicyclic) bond motifs is 2. The second kappa shape index (κ2) is 7.89. The van der Waals surface area contributed by atoms with Gasteiger partial charge in [0.1, 0.15) is 9.71 Å². The van der Waals surface area contributed by atoms with Gasteiger partial charge in [0.25, 0.3) is 5.91 Å². The van der Waals surface area contributed by atoms with Crippen molar-refractivity contribution in [2.75, 3.05) is 12.3 Å². The van der Waals surface area contributed by atoms with E-state index in [1.54, 1.807) is 0 Å². The number of aryl methyl sites for hydroxylation is 1. The molecule has 0 unspecified atom stereocenters. The molecule has 31 heavy (non-hydrogen) atoms. The van der Waals surface area contributed by atoms with Crippen molar-refractivity contribution < 1.29 is 4.79 Å². The molecule has 0 atom stereocenters. The lowest BCUT2D eigenvalue weighted by Crippen LogP contribution is -2.25. The molecule has 0 bridgehead atoms. The van der Waals surface area contributed by atoms with Gasteiger partial charge in [-0.1, -0.05) is 48.0 Å². The summed E-state index contributed by atoms with van der Waals surface area (Å²) in [5.41, 5.74) is 12.2. The number of amides is 1. The fourth-order valence-corrected chi connectivity index (χ4v) is 4.79. The number of nitrogens with one attached hydrogen (secondary N) is 2. The van der Waals surface area contributed by atoms with Crippen LogP contribution in [0.2, 0.25) is 0 Å². The number of para-hydroxylation sites is 1. The number of nitrogen functional groups attached to an aromatic ring is 1. The van der Waals surface area contributed by atoms with Crippen LogP contribution in [0.4, 0.5) is 5.69 Å². The molecule has 3 heterocycles. The van der Waals surface area contributed by atoms with Crippen molar-refractivity contribution in [2.45, 2.75) is 13.3 Å². The lowest BCUT2D eigenvalue weighted by Gasteiger charge is -2.04. The zero-order valence-electron chi connectivity index (χ0n) is 17.1. The van der Waals surface area contributed by atoms with E-state index in [2.05, 4.69) is 47.6 Å². The Balaban J connectivity index is 1.33. The van der Waals surface area contributed by atoms with Gasteiger partial charge in [-0.25, -0.2) is 4.98 Å². The SMILES string of the molecule is Cc1ccc(-c2ccc3c(N)c(C(=O)NCCc4c[nH]c5ccccc45)sc3n2)cc1. The number of anilines is 1. The number of carbonyl (C=O) groups is 1. The van der Waals surface area contributed by atoms with Crippen LogP contribution in [-0.2, 0) is 6.42 Å². The van der Waals surface area contributed by atoms with E-state index < -0.39 is 0 Å². The summed E-state index contributed by atoms with van der Waals surface area (Å²) in [7, 11) is 0. The molecule has 2 aromatic carbocycles. The predicted octanol–water partition coefficient (Wildman–Crippen LogP) is 5.31. The largest absolute Gasteiger partial charge is 0.397 e. The van der Waals surface area contributed by atoms with Gasteiger partial charge in [0, 0.05) is 34.6 Å². The fourth-order valence-electron chi connectivity index (χ4n) is 3.78. The van der Waals surface area contributed by atoms with E-state index in [0.29, 0.717) is 17.1 Å². The van der Waals surface area contributed by atoms with Crippen LogP contribution in [0.1, 0.15) is 20.8 Å². The predicted molar refractivity (Wildman–Crippen MR) is 129 cm³/mol. The minimum atomic E-state index is -0.155. The van der Waals surface area contributed by atoms with E-state index in [1.807, 2.05) is 36.5 Å². The van der Waals surface area contributed by atoms with Crippen molar-refractivity contribution in [1.82, 2.24) is 15.3 Å². The van der Waals surface area contributed by atoms with Crippen LogP contribution in [0.3, 0.4) is 0 Å². The molecule has 5 aromatic rings. The van der Waals surface area contributed by atoms with Gasteiger partial charge in [-0.05, 0) is 37.1 Å². The highest BCUT2D eigenvalue weighted by Gasteiger charge is 2.17. The zero-order valence-corrected chi connectivity index (χ0v) is 17.9. The lowest BCUT2D eigenvalue weighted by molar-refractivity contribution is 0.0959. The van der Waals surface area contributed by atoms with Crippen LogP contribution in [0.5, 0.6) is 0 Å². The van der Waals surface area contributed by atoms with Crippen LogP contribution in [0.25, 0.3) is 32.4 Å². The summed E-state index contributed by atoms with van der Waals surface area (Å²) >= 11 is 1.34. The third kappa shape index (κ3) is 3.66. The Morgan fingerprint density at radius 2 is 1.87 bits per heavy atom. The van der Waals surface area contributed by atoms with Crippen molar-refractivity contribution in [3.63, 3.8) is 0 Å². The summed E-state index contributed by atoms with van der Waals surface area (Å²) in [6.45, 7) is 2.60. The topological polar surface area (TPSA) is 83.8 Å². The number of aromatic amines is 1. The summed E-state index contributed by atoms with van der Waals surface area (Å²) in [4.78, 5) is 22.1. The van der Waals surface area contributed by atoms with E-state index in [4.69, 9.17) is 10.7 Å². The number of nitrogens with two attached hydrogens (primary N) is 1. The van der Waals surface area contributed by atoms with Crippen LogP contribution >= 0.6 is 11.3 Å². The number of hydrogen-bond acceptors (Lipinski definition) is 4. The first kappa shape index (κ1) is 19.3. The molecule has 154 valence electrons. The van der Waals surface area contributed by atoms with Crippen molar-refractivity contribution in [1.29, 1.82) is 0 Å². The maximum absolute atomic E-state index is 12.8. The van der Waals surface area contributed by atoms with E-state index in [9.17, 15) is 4.79 Å². The molecule has 0 fully saturated rings. The Morgan fingerprint density at radius 3 is 2.71 bits per heavy atom. The molecule has 6 heteroatoms. The van der Waals surface area contributed by atoms with Gasteiger partial charge in [-0.15, -0.1) is 11.3 Å². The summed E-state index contributed by atoms with van der Waals surface area (Å²) < 4.78 is 0. The first-order chi connectivity index (χ1) is 15.1. The van der Waals surface area contributed by atoms with Crippen molar-refractivity contribution in [3.05, 3.63) is 82.9 Å². The third-order valence-electron chi connectivity index (χ3n) is 5.50. The fraction of sp³-hybridized carbons (Fsp3) is 0.120. The molecule has 0 saturated carbocycles. The third-order valence-corrected chi connectivity index (χ3v) is 6.62. The molecule has 3 aromatic heterocycles. The number of rotatable bonds is 5. The molecule has 5 nitrogen and oxygen atoms in total. The van der Waals surface area contributed by atoms with Gasteiger partial charge in [-0.2, -0.15) is 0 Å². The Labute approximate surface area is 183 Å². The average molecular weight is 427 g/mol. The molecular formula is C25H22N4OS. The minimum Gasteiger partial charge on any atom is -0.397 e. The maximum atomic E-state index is 12.8. The molecule has 5 rings (SSSR count). The molecule has 4 N–H and O–H groups in total. The number of benzene rings is 2. The normalized spacial score (nSPS) is 11.3. The molecule has 0 aliphatic rings. The van der Waals surface area contributed by atoms with Gasteiger partial charge < -0.3 is 16.0 Å². The van der Waals surface area contributed by atoms with Crippen molar-refractivity contribution in [2.24, 2.45) is 0 Å². The Hall–Kier alpha value is -3.64. The van der Waals surface area contributed by atoms with Crippen LogP contribution in [0, 0.1) is 6.92 Å².